The van der Waals surface area contributed by atoms with Gasteiger partial charge in [-0.1, -0.05) is 12.8 Å². The molecule has 1 aliphatic heterocycles. The van der Waals surface area contributed by atoms with E-state index in [-0.39, 0.29) is 17.5 Å². The van der Waals surface area contributed by atoms with Crippen molar-refractivity contribution >= 4 is 5.97 Å². The molecule has 1 spiro atoms. The standard InChI is InChI=1S/C12H18O2/c13-11-9-5-4-6-10(9)12(14-11)7-2-1-3-8-12/h9-10H,1-8H2. The molecule has 2 nitrogen and oxygen atoms in total. The maximum Gasteiger partial charge on any atom is 0.309 e. The van der Waals surface area contributed by atoms with Crippen molar-refractivity contribution in [2.75, 3.05) is 0 Å². The van der Waals surface area contributed by atoms with Gasteiger partial charge in [0.05, 0.1) is 5.92 Å². The summed E-state index contributed by atoms with van der Waals surface area (Å²) in [4.78, 5) is 11.7. The van der Waals surface area contributed by atoms with E-state index in [1.165, 1.54) is 32.1 Å². The molecular formula is C12H18O2. The summed E-state index contributed by atoms with van der Waals surface area (Å²) < 4.78 is 5.72. The van der Waals surface area contributed by atoms with Gasteiger partial charge in [0.25, 0.3) is 0 Å². The van der Waals surface area contributed by atoms with Crippen LogP contribution in [0.2, 0.25) is 0 Å². The summed E-state index contributed by atoms with van der Waals surface area (Å²) in [5, 5.41) is 0. The third-order valence-electron chi connectivity index (χ3n) is 4.50. The lowest BCUT2D eigenvalue weighted by Crippen LogP contribution is -2.37. The number of carbonyl (C=O) groups is 1. The van der Waals surface area contributed by atoms with E-state index in [1.54, 1.807) is 0 Å². The second-order valence-corrected chi connectivity index (χ2v) is 5.19. The number of ether oxygens (including phenoxy) is 1. The van der Waals surface area contributed by atoms with Crippen molar-refractivity contribution in [3.63, 3.8) is 0 Å². The molecule has 0 radical (unpaired) electrons. The maximum atomic E-state index is 11.7. The van der Waals surface area contributed by atoms with Crippen LogP contribution in [0, 0.1) is 11.8 Å². The van der Waals surface area contributed by atoms with Crippen molar-refractivity contribution in [1.29, 1.82) is 0 Å². The summed E-state index contributed by atoms with van der Waals surface area (Å²) in [6.45, 7) is 0. The number of carbonyl (C=O) groups excluding carboxylic acids is 1. The smallest absolute Gasteiger partial charge is 0.309 e. The van der Waals surface area contributed by atoms with Gasteiger partial charge in [-0.25, -0.2) is 0 Å². The number of hydrogen-bond acceptors (Lipinski definition) is 2. The monoisotopic (exact) mass is 194 g/mol. The number of esters is 1. The van der Waals surface area contributed by atoms with Crippen molar-refractivity contribution < 1.29 is 9.53 Å². The molecule has 78 valence electrons. The zero-order chi connectivity index (χ0) is 9.60. The Balaban J connectivity index is 1.88. The van der Waals surface area contributed by atoms with Crippen LogP contribution in [0.25, 0.3) is 0 Å². The highest BCUT2D eigenvalue weighted by atomic mass is 16.6. The highest BCUT2D eigenvalue weighted by molar-refractivity contribution is 5.76. The van der Waals surface area contributed by atoms with Crippen molar-refractivity contribution in [3.8, 4) is 0 Å². The highest BCUT2D eigenvalue weighted by Crippen LogP contribution is 2.53. The van der Waals surface area contributed by atoms with E-state index in [0.29, 0.717) is 5.92 Å². The summed E-state index contributed by atoms with van der Waals surface area (Å²) in [5.74, 6) is 0.970. The Kier molecular flexibility index (Phi) is 1.86. The quantitative estimate of drug-likeness (QED) is 0.554. The van der Waals surface area contributed by atoms with Crippen LogP contribution in [0.3, 0.4) is 0 Å². The first-order chi connectivity index (χ1) is 6.82. The predicted octanol–water partition coefficient (Wildman–Crippen LogP) is 2.66. The topological polar surface area (TPSA) is 26.3 Å². The van der Waals surface area contributed by atoms with Crippen LogP contribution in [-0.2, 0) is 9.53 Å². The molecule has 3 rings (SSSR count). The summed E-state index contributed by atoms with van der Waals surface area (Å²) in [7, 11) is 0. The molecule has 2 heteroatoms. The Hall–Kier alpha value is -0.530. The Morgan fingerprint density at radius 3 is 2.64 bits per heavy atom. The van der Waals surface area contributed by atoms with Gasteiger partial charge in [0.2, 0.25) is 0 Å². The fourth-order valence-corrected chi connectivity index (χ4v) is 3.85. The lowest BCUT2D eigenvalue weighted by molar-refractivity contribution is -0.154. The number of fused-ring (bicyclic) bond motifs is 2. The Morgan fingerprint density at radius 1 is 1.07 bits per heavy atom. The third kappa shape index (κ3) is 1.06. The fourth-order valence-electron chi connectivity index (χ4n) is 3.85. The minimum Gasteiger partial charge on any atom is -0.459 e. The molecule has 0 N–H and O–H groups in total. The van der Waals surface area contributed by atoms with Crippen molar-refractivity contribution in [3.05, 3.63) is 0 Å². The first-order valence-electron chi connectivity index (χ1n) is 6.05. The molecule has 2 atom stereocenters. The largest absolute Gasteiger partial charge is 0.459 e. The molecular weight excluding hydrogens is 176 g/mol. The second-order valence-electron chi connectivity index (χ2n) is 5.19. The van der Waals surface area contributed by atoms with Crippen LogP contribution in [0.1, 0.15) is 51.4 Å². The number of hydrogen-bond donors (Lipinski definition) is 0. The first-order valence-corrected chi connectivity index (χ1v) is 6.05. The molecule has 1 heterocycles. The van der Waals surface area contributed by atoms with E-state index in [2.05, 4.69) is 0 Å². The lowest BCUT2D eigenvalue weighted by Gasteiger charge is -2.36. The molecule has 0 aromatic rings. The van der Waals surface area contributed by atoms with E-state index < -0.39 is 0 Å². The van der Waals surface area contributed by atoms with Crippen LogP contribution < -0.4 is 0 Å². The Morgan fingerprint density at radius 2 is 1.86 bits per heavy atom. The summed E-state index contributed by atoms with van der Waals surface area (Å²) in [6, 6.07) is 0. The average molecular weight is 194 g/mol. The van der Waals surface area contributed by atoms with E-state index in [0.717, 1.165) is 19.3 Å². The highest BCUT2D eigenvalue weighted by Gasteiger charge is 2.56. The van der Waals surface area contributed by atoms with Gasteiger partial charge >= 0.3 is 5.97 Å². The average Bonchev–Trinajstić information content (AvgIpc) is 2.74. The third-order valence-corrected chi connectivity index (χ3v) is 4.50. The van der Waals surface area contributed by atoms with Crippen LogP contribution in [0.15, 0.2) is 0 Å². The molecule has 0 amide bonds. The molecule has 3 aliphatic rings. The van der Waals surface area contributed by atoms with E-state index >= 15 is 0 Å². The summed E-state index contributed by atoms with van der Waals surface area (Å²) >= 11 is 0. The molecule has 0 aromatic heterocycles. The first kappa shape index (κ1) is 8.75. The van der Waals surface area contributed by atoms with Crippen LogP contribution in [0.4, 0.5) is 0 Å². The van der Waals surface area contributed by atoms with Crippen LogP contribution in [0.5, 0.6) is 0 Å². The fraction of sp³-hybridized carbons (Fsp3) is 0.917. The lowest BCUT2D eigenvalue weighted by atomic mass is 9.73. The zero-order valence-electron chi connectivity index (χ0n) is 8.63. The molecule has 2 saturated carbocycles. The van der Waals surface area contributed by atoms with E-state index in [9.17, 15) is 4.79 Å². The molecule has 2 unspecified atom stereocenters. The number of rotatable bonds is 0. The van der Waals surface area contributed by atoms with E-state index in [4.69, 9.17) is 4.74 Å². The van der Waals surface area contributed by atoms with Gasteiger partial charge in [0.15, 0.2) is 0 Å². The normalized spacial score (nSPS) is 39.9. The van der Waals surface area contributed by atoms with Crippen LogP contribution >= 0.6 is 0 Å². The SMILES string of the molecule is O=C1OC2(CCCCC2)C2CCCC12. The van der Waals surface area contributed by atoms with Crippen LogP contribution in [-0.4, -0.2) is 11.6 Å². The summed E-state index contributed by atoms with van der Waals surface area (Å²) in [5.41, 5.74) is -0.00347. The minimum absolute atomic E-state index is 0.00347. The van der Waals surface area contributed by atoms with Gasteiger partial charge < -0.3 is 4.74 Å². The molecule has 0 bridgehead atoms. The second kappa shape index (κ2) is 2.98. The van der Waals surface area contributed by atoms with Crippen molar-refractivity contribution in [2.45, 2.75) is 57.0 Å². The Labute approximate surface area is 85.0 Å². The molecule has 1 saturated heterocycles. The minimum atomic E-state index is -0.00347. The van der Waals surface area contributed by atoms with Gasteiger partial charge in [-0.15, -0.1) is 0 Å². The predicted molar refractivity (Wildman–Crippen MR) is 52.7 cm³/mol. The van der Waals surface area contributed by atoms with Gasteiger partial charge in [0.1, 0.15) is 5.60 Å². The van der Waals surface area contributed by atoms with Crippen molar-refractivity contribution in [1.82, 2.24) is 0 Å². The van der Waals surface area contributed by atoms with Crippen molar-refractivity contribution in [2.24, 2.45) is 11.8 Å². The molecule has 14 heavy (non-hydrogen) atoms. The molecule has 0 aromatic carbocycles. The summed E-state index contributed by atoms with van der Waals surface area (Å²) in [6.07, 6.45) is 9.69. The van der Waals surface area contributed by atoms with Gasteiger partial charge in [-0.05, 0) is 38.5 Å². The Bertz CT molecular complexity index is 253. The van der Waals surface area contributed by atoms with Gasteiger partial charge in [-0.3, -0.25) is 4.79 Å². The zero-order valence-corrected chi connectivity index (χ0v) is 8.63. The van der Waals surface area contributed by atoms with E-state index in [1.807, 2.05) is 0 Å². The maximum absolute atomic E-state index is 11.7. The van der Waals surface area contributed by atoms with Gasteiger partial charge in [0, 0.05) is 5.92 Å². The van der Waals surface area contributed by atoms with Gasteiger partial charge in [-0.2, -0.15) is 0 Å². The molecule has 2 aliphatic carbocycles. The molecule has 3 fully saturated rings.